The lowest BCUT2D eigenvalue weighted by Gasteiger charge is -2.21. The van der Waals surface area contributed by atoms with Crippen molar-refractivity contribution in [2.24, 2.45) is 5.73 Å². The van der Waals surface area contributed by atoms with Crippen molar-refractivity contribution >= 4 is 17.5 Å². The van der Waals surface area contributed by atoms with Crippen molar-refractivity contribution in [3.05, 3.63) is 100 Å². The predicted octanol–water partition coefficient (Wildman–Crippen LogP) is 5.49. The van der Waals surface area contributed by atoms with Crippen molar-refractivity contribution < 1.29 is 22.8 Å². The van der Waals surface area contributed by atoms with E-state index in [0.717, 1.165) is 55.0 Å². The van der Waals surface area contributed by atoms with Crippen LogP contribution in [-0.4, -0.2) is 29.8 Å². The number of alkyl halides is 3. The zero-order chi connectivity index (χ0) is 25.6. The minimum Gasteiger partial charge on any atom is -0.366 e. The van der Waals surface area contributed by atoms with Crippen LogP contribution >= 0.6 is 0 Å². The maximum atomic E-state index is 12.9. The molecule has 0 heterocycles. The number of rotatable bonds is 9. The second kappa shape index (κ2) is 11.2. The van der Waals surface area contributed by atoms with Gasteiger partial charge in [-0.05, 0) is 66.2 Å². The first-order valence-corrected chi connectivity index (χ1v) is 11.3. The normalized spacial score (nSPS) is 11.5. The maximum absolute atomic E-state index is 12.9. The van der Waals surface area contributed by atoms with E-state index in [0.29, 0.717) is 17.7 Å². The van der Waals surface area contributed by atoms with Crippen LogP contribution in [-0.2, 0) is 19.1 Å². The molecule has 0 bridgehead atoms. The summed E-state index contributed by atoms with van der Waals surface area (Å²) in [5, 5.41) is 2.74. The third-order valence-electron chi connectivity index (χ3n) is 5.94. The quantitative estimate of drug-likeness (QED) is 0.423. The Hall–Kier alpha value is -3.65. The summed E-state index contributed by atoms with van der Waals surface area (Å²) in [6.07, 6.45) is -4.14. The van der Waals surface area contributed by atoms with Crippen LogP contribution in [0.15, 0.2) is 66.7 Å². The van der Waals surface area contributed by atoms with Gasteiger partial charge in [-0.2, -0.15) is 13.2 Å². The number of primary amides is 1. The molecule has 8 heteroatoms. The number of amides is 2. The number of anilines is 1. The number of nitrogens with one attached hydrogen (secondary N) is 1. The summed E-state index contributed by atoms with van der Waals surface area (Å²) in [6.45, 7) is 6.68. The Morgan fingerprint density at radius 1 is 0.886 bits per heavy atom. The van der Waals surface area contributed by atoms with E-state index in [9.17, 15) is 22.8 Å². The van der Waals surface area contributed by atoms with Crippen LogP contribution in [0.5, 0.6) is 0 Å². The highest BCUT2D eigenvalue weighted by Crippen LogP contribution is 2.30. The Balaban J connectivity index is 1.94. The van der Waals surface area contributed by atoms with Gasteiger partial charge in [-0.3, -0.25) is 14.5 Å². The fourth-order valence-electron chi connectivity index (χ4n) is 3.89. The summed E-state index contributed by atoms with van der Waals surface area (Å²) in [4.78, 5) is 27.3. The molecule has 184 valence electrons. The predicted molar refractivity (Wildman–Crippen MR) is 130 cm³/mol. The lowest BCUT2D eigenvalue weighted by atomic mass is 9.94. The summed E-state index contributed by atoms with van der Waals surface area (Å²) in [6, 6.07) is 16.7. The first-order chi connectivity index (χ1) is 16.6. The van der Waals surface area contributed by atoms with E-state index < -0.39 is 23.6 Å². The number of carbonyl (C=O) groups excluding carboxylic acids is 2. The summed E-state index contributed by atoms with van der Waals surface area (Å²) >= 11 is 0. The molecule has 0 radical (unpaired) electrons. The van der Waals surface area contributed by atoms with Crippen molar-refractivity contribution in [2.75, 3.05) is 18.4 Å². The molecule has 3 N–H and O–H groups in total. The highest BCUT2D eigenvalue weighted by molar-refractivity contribution is 6.06. The molecule has 0 aliphatic heterocycles. The van der Waals surface area contributed by atoms with E-state index in [4.69, 9.17) is 5.73 Å². The van der Waals surface area contributed by atoms with Gasteiger partial charge in [0, 0.05) is 29.8 Å². The second-order valence-corrected chi connectivity index (χ2v) is 8.13. The average molecular weight is 484 g/mol. The fourth-order valence-corrected chi connectivity index (χ4v) is 3.89. The van der Waals surface area contributed by atoms with Gasteiger partial charge in [0.2, 0.25) is 5.91 Å². The van der Waals surface area contributed by atoms with Crippen LogP contribution < -0.4 is 11.1 Å². The van der Waals surface area contributed by atoms with Gasteiger partial charge in [0.1, 0.15) is 0 Å². The minimum absolute atomic E-state index is 0.0651. The van der Waals surface area contributed by atoms with Gasteiger partial charge in [-0.25, -0.2) is 0 Å². The molecule has 0 aliphatic carbocycles. The molecule has 0 aliphatic rings. The third kappa shape index (κ3) is 6.48. The number of halogens is 3. The molecule has 3 aromatic rings. The molecular weight excluding hydrogens is 455 g/mol. The van der Waals surface area contributed by atoms with Crippen molar-refractivity contribution in [3.8, 4) is 0 Å². The molecule has 0 fully saturated rings. The van der Waals surface area contributed by atoms with Crippen LogP contribution in [0, 0.1) is 0 Å². The standard InChI is InChI=1S/C27H28F3N3O2/c1-3-33(4-2)17-20-9-6-5-8-19(20)16-23-22(25(31)34)10-7-11-24(23)32-26(35)18-12-14-21(15-13-18)27(28,29)30/h5-15H,3-4,16-17H2,1-2H3,(H2,31,34)(H,32,35). The van der Waals surface area contributed by atoms with E-state index in [1.165, 1.54) is 0 Å². The molecule has 5 nitrogen and oxygen atoms in total. The Morgan fingerprint density at radius 3 is 2.09 bits per heavy atom. The minimum atomic E-state index is -4.49. The first kappa shape index (κ1) is 26.0. The van der Waals surface area contributed by atoms with E-state index in [-0.39, 0.29) is 11.1 Å². The van der Waals surface area contributed by atoms with E-state index in [2.05, 4.69) is 24.1 Å². The smallest absolute Gasteiger partial charge is 0.366 e. The molecule has 0 aromatic heterocycles. The fraction of sp³-hybridized carbons (Fsp3) is 0.259. The van der Waals surface area contributed by atoms with Gasteiger partial charge in [-0.15, -0.1) is 0 Å². The molecule has 0 unspecified atom stereocenters. The van der Waals surface area contributed by atoms with Gasteiger partial charge in [0.25, 0.3) is 5.91 Å². The number of nitrogens with zero attached hydrogens (tertiary/aromatic N) is 1. The van der Waals surface area contributed by atoms with Crippen molar-refractivity contribution in [3.63, 3.8) is 0 Å². The molecule has 3 rings (SSSR count). The van der Waals surface area contributed by atoms with Gasteiger partial charge in [0.05, 0.1) is 5.56 Å². The summed E-state index contributed by atoms with van der Waals surface area (Å²) < 4.78 is 38.6. The largest absolute Gasteiger partial charge is 0.416 e. The maximum Gasteiger partial charge on any atom is 0.416 e. The first-order valence-electron chi connectivity index (χ1n) is 11.3. The highest BCUT2D eigenvalue weighted by Gasteiger charge is 2.30. The van der Waals surface area contributed by atoms with E-state index >= 15 is 0 Å². The Morgan fingerprint density at radius 2 is 1.51 bits per heavy atom. The average Bonchev–Trinajstić information content (AvgIpc) is 2.83. The molecule has 0 spiro atoms. The zero-order valence-corrected chi connectivity index (χ0v) is 19.7. The molecule has 0 saturated carbocycles. The topological polar surface area (TPSA) is 75.4 Å². The summed E-state index contributed by atoms with van der Waals surface area (Å²) in [5.41, 5.74) is 8.13. The Bertz CT molecular complexity index is 1190. The van der Waals surface area contributed by atoms with Gasteiger partial charge >= 0.3 is 6.18 Å². The Labute approximate surface area is 202 Å². The number of carbonyl (C=O) groups is 2. The van der Waals surface area contributed by atoms with Crippen molar-refractivity contribution in [2.45, 2.75) is 33.0 Å². The van der Waals surface area contributed by atoms with Crippen molar-refractivity contribution in [1.82, 2.24) is 4.90 Å². The van der Waals surface area contributed by atoms with Crippen molar-refractivity contribution in [1.29, 1.82) is 0 Å². The Kier molecular flexibility index (Phi) is 8.30. The summed E-state index contributed by atoms with van der Waals surface area (Å²) in [5.74, 6) is -1.22. The van der Waals surface area contributed by atoms with Gasteiger partial charge < -0.3 is 11.1 Å². The lowest BCUT2D eigenvalue weighted by Crippen LogP contribution is -2.23. The monoisotopic (exact) mass is 483 g/mol. The number of hydrogen-bond donors (Lipinski definition) is 2. The SMILES string of the molecule is CCN(CC)Cc1ccccc1Cc1c(NC(=O)c2ccc(C(F)(F)F)cc2)cccc1C(N)=O. The number of nitrogens with two attached hydrogens (primary N) is 1. The van der Waals surface area contributed by atoms with E-state index in [1.807, 2.05) is 24.3 Å². The summed E-state index contributed by atoms with van der Waals surface area (Å²) in [7, 11) is 0. The number of hydrogen-bond acceptors (Lipinski definition) is 3. The van der Waals surface area contributed by atoms with E-state index in [1.54, 1.807) is 18.2 Å². The molecule has 0 saturated heterocycles. The second-order valence-electron chi connectivity index (χ2n) is 8.13. The van der Waals surface area contributed by atoms with Gasteiger partial charge in [0.15, 0.2) is 0 Å². The van der Waals surface area contributed by atoms with Crippen LogP contribution in [0.4, 0.5) is 18.9 Å². The van der Waals surface area contributed by atoms with Crippen LogP contribution in [0.3, 0.4) is 0 Å². The molecule has 2 amide bonds. The molecule has 35 heavy (non-hydrogen) atoms. The molecular formula is C27H28F3N3O2. The lowest BCUT2D eigenvalue weighted by molar-refractivity contribution is -0.137. The zero-order valence-electron chi connectivity index (χ0n) is 19.7. The van der Waals surface area contributed by atoms with Crippen LogP contribution in [0.25, 0.3) is 0 Å². The highest BCUT2D eigenvalue weighted by atomic mass is 19.4. The number of benzene rings is 3. The van der Waals surface area contributed by atoms with Gasteiger partial charge in [-0.1, -0.05) is 44.2 Å². The third-order valence-corrected chi connectivity index (χ3v) is 5.94. The molecule has 3 aromatic carbocycles. The van der Waals surface area contributed by atoms with Crippen LogP contribution in [0.2, 0.25) is 0 Å². The molecule has 0 atom stereocenters. The van der Waals surface area contributed by atoms with Crippen LogP contribution in [0.1, 0.15) is 56.8 Å².